The Bertz CT molecular complexity index is 736. The van der Waals surface area contributed by atoms with Crippen molar-refractivity contribution in [3.63, 3.8) is 0 Å². The molecule has 3 atom stereocenters. The van der Waals surface area contributed by atoms with E-state index in [1.807, 2.05) is 20.8 Å². The highest BCUT2D eigenvalue weighted by atomic mass is 16.7. The van der Waals surface area contributed by atoms with Crippen LogP contribution < -0.4 is 11.1 Å². The number of rotatable bonds is 8. The number of amides is 2. The fourth-order valence-corrected chi connectivity index (χ4v) is 3.57. The number of nitrogens with zero attached hydrogens (tertiary/aromatic N) is 1. The molecule has 2 amide bonds. The van der Waals surface area contributed by atoms with Crippen LogP contribution in [0.2, 0.25) is 0 Å². The van der Waals surface area contributed by atoms with E-state index in [0.717, 1.165) is 12.8 Å². The molecule has 1 aliphatic rings. The van der Waals surface area contributed by atoms with Crippen molar-refractivity contribution in [2.75, 3.05) is 32.7 Å². The molecule has 31 heavy (non-hydrogen) atoms. The maximum atomic E-state index is 12.8. The highest BCUT2D eigenvalue weighted by molar-refractivity contribution is 5.99. The molecule has 0 saturated carbocycles. The van der Waals surface area contributed by atoms with Gasteiger partial charge in [-0.2, -0.15) is 0 Å². The summed E-state index contributed by atoms with van der Waals surface area (Å²) in [4.78, 5) is 26.7. The first kappa shape index (κ1) is 24.9. The van der Waals surface area contributed by atoms with Crippen LogP contribution in [0.4, 0.5) is 10.5 Å². The molecule has 2 rings (SSSR count). The van der Waals surface area contributed by atoms with Gasteiger partial charge < -0.3 is 35.3 Å². The molecule has 4 N–H and O–H groups in total. The van der Waals surface area contributed by atoms with Crippen molar-refractivity contribution in [3.8, 4) is 0 Å². The van der Waals surface area contributed by atoms with Crippen molar-refractivity contribution in [3.05, 3.63) is 29.8 Å². The second kappa shape index (κ2) is 11.3. The summed E-state index contributed by atoms with van der Waals surface area (Å²) in [6.45, 7) is 6.03. The van der Waals surface area contributed by atoms with Gasteiger partial charge in [0.2, 0.25) is 0 Å². The first-order valence-corrected chi connectivity index (χ1v) is 10.5. The number of nitrogens with two attached hydrogens (primary N) is 1. The van der Waals surface area contributed by atoms with E-state index in [9.17, 15) is 14.7 Å². The van der Waals surface area contributed by atoms with E-state index in [1.54, 1.807) is 29.2 Å². The second-order valence-corrected chi connectivity index (χ2v) is 8.68. The van der Waals surface area contributed by atoms with E-state index < -0.39 is 23.8 Å². The van der Waals surface area contributed by atoms with Crippen LogP contribution in [0.1, 0.15) is 50.4 Å². The largest absolute Gasteiger partial charge is 0.444 e. The number of methoxy groups -OCH3 is 1. The number of aliphatic hydroxyl groups excluding tert-OH is 1. The van der Waals surface area contributed by atoms with E-state index in [-0.39, 0.29) is 31.8 Å². The van der Waals surface area contributed by atoms with Gasteiger partial charge in [0.05, 0.1) is 23.8 Å². The first-order chi connectivity index (χ1) is 14.6. The third kappa shape index (κ3) is 7.68. The number of anilines is 1. The molecule has 0 radical (unpaired) electrons. The molecule has 1 fully saturated rings. The lowest BCUT2D eigenvalue weighted by molar-refractivity contribution is -0.119. The van der Waals surface area contributed by atoms with Crippen LogP contribution >= 0.6 is 0 Å². The van der Waals surface area contributed by atoms with Gasteiger partial charge in [-0.1, -0.05) is 12.1 Å². The molecule has 0 spiro atoms. The number of nitrogens with one attached hydrogen (secondary N) is 1. The average molecular weight is 438 g/mol. The van der Waals surface area contributed by atoms with Gasteiger partial charge in [-0.25, -0.2) is 4.79 Å². The highest BCUT2D eigenvalue weighted by Gasteiger charge is 2.38. The summed E-state index contributed by atoms with van der Waals surface area (Å²) >= 11 is 0. The molecule has 1 aromatic rings. The van der Waals surface area contributed by atoms with Crippen LogP contribution in [-0.4, -0.2) is 72.8 Å². The lowest BCUT2D eigenvalue weighted by Gasteiger charge is -2.42. The van der Waals surface area contributed by atoms with Crippen LogP contribution in [0.25, 0.3) is 0 Å². The molecule has 1 unspecified atom stereocenters. The van der Waals surface area contributed by atoms with Crippen LogP contribution in [0.15, 0.2) is 24.3 Å². The Labute approximate surface area is 183 Å². The van der Waals surface area contributed by atoms with E-state index in [4.69, 9.17) is 19.9 Å². The minimum Gasteiger partial charge on any atom is -0.444 e. The molecular formula is C22H35N3O6. The standard InChI is InChI=1S/C22H35N3O6/c1-22(2,3)31-21(28)25-11-7-10-19(30-14-29-4)18(25)12-15(26)13-24-20(27)16-8-5-6-9-17(16)23/h5-6,8-9,15,18-19,26H,7,10-14,23H2,1-4H3,(H,24,27)/t15?,18-,19-/m0/s1. The molecule has 174 valence electrons. The summed E-state index contributed by atoms with van der Waals surface area (Å²) in [7, 11) is 1.53. The predicted molar refractivity (Wildman–Crippen MR) is 117 cm³/mol. The number of hydrogen-bond acceptors (Lipinski definition) is 7. The summed E-state index contributed by atoms with van der Waals surface area (Å²) in [5.74, 6) is -0.364. The van der Waals surface area contributed by atoms with E-state index in [0.29, 0.717) is 17.8 Å². The quantitative estimate of drug-likeness (QED) is 0.420. The van der Waals surface area contributed by atoms with Gasteiger partial charge in [-0.15, -0.1) is 0 Å². The fraction of sp³-hybridized carbons (Fsp3) is 0.636. The van der Waals surface area contributed by atoms with Crippen molar-refractivity contribution in [1.29, 1.82) is 0 Å². The zero-order chi connectivity index (χ0) is 23.0. The van der Waals surface area contributed by atoms with Gasteiger partial charge in [-0.05, 0) is 52.2 Å². The number of benzene rings is 1. The first-order valence-electron chi connectivity index (χ1n) is 10.5. The van der Waals surface area contributed by atoms with Crippen molar-refractivity contribution in [2.24, 2.45) is 0 Å². The minimum atomic E-state index is -0.893. The summed E-state index contributed by atoms with van der Waals surface area (Å²) in [6.07, 6.45) is 0.0541. The van der Waals surface area contributed by atoms with E-state index >= 15 is 0 Å². The molecule has 1 saturated heterocycles. The van der Waals surface area contributed by atoms with Crippen LogP contribution in [0.5, 0.6) is 0 Å². The van der Waals surface area contributed by atoms with Gasteiger partial charge in [0.15, 0.2) is 0 Å². The Hall–Kier alpha value is -2.36. The topological polar surface area (TPSA) is 123 Å². The van der Waals surface area contributed by atoms with Crippen LogP contribution in [0, 0.1) is 0 Å². The number of ether oxygens (including phenoxy) is 3. The number of aliphatic hydroxyl groups is 1. The van der Waals surface area contributed by atoms with E-state index in [1.165, 1.54) is 7.11 Å². The SMILES string of the molecule is COCO[C@H]1CCCN(C(=O)OC(C)(C)C)[C@H]1CC(O)CNC(=O)c1ccccc1N. The molecule has 9 nitrogen and oxygen atoms in total. The predicted octanol–water partition coefficient (Wildman–Crippen LogP) is 2.14. The summed E-state index contributed by atoms with van der Waals surface area (Å²) in [5.41, 5.74) is 5.92. The van der Waals surface area contributed by atoms with Crippen molar-refractivity contribution in [2.45, 2.75) is 63.9 Å². The number of nitrogen functional groups attached to an aromatic ring is 1. The second-order valence-electron chi connectivity index (χ2n) is 8.68. The fourth-order valence-electron chi connectivity index (χ4n) is 3.57. The summed E-state index contributed by atoms with van der Waals surface area (Å²) in [5, 5.41) is 13.3. The van der Waals surface area contributed by atoms with Crippen molar-refractivity contribution in [1.82, 2.24) is 10.2 Å². The average Bonchev–Trinajstić information content (AvgIpc) is 2.70. The lowest BCUT2D eigenvalue weighted by atomic mass is 9.94. The molecule has 1 aliphatic heterocycles. The normalized spacial score (nSPS) is 20.2. The van der Waals surface area contributed by atoms with Gasteiger partial charge in [0.1, 0.15) is 12.4 Å². The number of likely N-dealkylation sites (tertiary alicyclic amines) is 1. The van der Waals surface area contributed by atoms with Crippen molar-refractivity contribution < 1.29 is 28.9 Å². The van der Waals surface area contributed by atoms with Crippen molar-refractivity contribution >= 4 is 17.7 Å². The van der Waals surface area contributed by atoms with Gasteiger partial charge >= 0.3 is 6.09 Å². The zero-order valence-corrected chi connectivity index (χ0v) is 18.8. The molecule has 9 heteroatoms. The molecular weight excluding hydrogens is 402 g/mol. The van der Waals surface area contributed by atoms with Gasteiger partial charge in [-0.3, -0.25) is 4.79 Å². The van der Waals surface area contributed by atoms with E-state index in [2.05, 4.69) is 5.32 Å². The molecule has 0 bridgehead atoms. The zero-order valence-electron chi connectivity index (χ0n) is 18.8. The Morgan fingerprint density at radius 1 is 1.32 bits per heavy atom. The Morgan fingerprint density at radius 3 is 2.68 bits per heavy atom. The molecule has 1 aromatic carbocycles. The Balaban J connectivity index is 2.04. The Kier molecular flexibility index (Phi) is 9.09. The van der Waals surface area contributed by atoms with Crippen LogP contribution in [0.3, 0.4) is 0 Å². The number of carbonyl (C=O) groups is 2. The monoisotopic (exact) mass is 437 g/mol. The summed E-state index contributed by atoms with van der Waals surface area (Å²) in [6, 6.07) is 6.32. The maximum absolute atomic E-state index is 12.8. The molecule has 0 aliphatic carbocycles. The maximum Gasteiger partial charge on any atom is 0.410 e. The van der Waals surface area contributed by atoms with Gasteiger partial charge in [0, 0.05) is 25.9 Å². The van der Waals surface area contributed by atoms with Gasteiger partial charge in [0.25, 0.3) is 5.91 Å². The third-order valence-electron chi connectivity index (χ3n) is 4.96. The third-order valence-corrected chi connectivity index (χ3v) is 4.96. The minimum absolute atomic E-state index is 0.0167. The molecule has 1 heterocycles. The smallest absolute Gasteiger partial charge is 0.410 e. The Morgan fingerprint density at radius 2 is 2.03 bits per heavy atom. The number of piperidine rings is 1. The number of hydrogen-bond donors (Lipinski definition) is 3. The molecule has 0 aromatic heterocycles. The lowest BCUT2D eigenvalue weighted by Crippen LogP contribution is -2.55. The number of para-hydroxylation sites is 1. The van der Waals surface area contributed by atoms with Crippen LogP contribution in [-0.2, 0) is 14.2 Å². The summed E-state index contributed by atoms with van der Waals surface area (Å²) < 4.78 is 16.4. The number of carbonyl (C=O) groups excluding carboxylic acids is 2. The highest BCUT2D eigenvalue weighted by Crippen LogP contribution is 2.26.